The summed E-state index contributed by atoms with van der Waals surface area (Å²) in [5, 5.41) is 3.57. The van der Waals surface area contributed by atoms with E-state index >= 15 is 0 Å². The summed E-state index contributed by atoms with van der Waals surface area (Å²) in [6.45, 7) is 7.22. The SMILES string of the molecule is CC(C)(C)c1ccc(CNC2CC2c2ccc(N(Cc3ccccc3)C(=O)C(F)(F)F)cc2)cc1. The monoisotopic (exact) mass is 480 g/mol. The summed E-state index contributed by atoms with van der Waals surface area (Å²) in [7, 11) is 0. The first-order chi connectivity index (χ1) is 16.5. The molecule has 1 aliphatic carbocycles. The molecule has 2 unspecified atom stereocenters. The van der Waals surface area contributed by atoms with Crippen LogP contribution in [0.2, 0.25) is 0 Å². The Labute approximate surface area is 205 Å². The van der Waals surface area contributed by atoms with Gasteiger partial charge in [-0.3, -0.25) is 4.79 Å². The highest BCUT2D eigenvalue weighted by atomic mass is 19.4. The van der Waals surface area contributed by atoms with Crippen molar-refractivity contribution >= 4 is 11.6 Å². The third-order valence-corrected chi connectivity index (χ3v) is 6.48. The maximum absolute atomic E-state index is 13.3. The van der Waals surface area contributed by atoms with Crippen LogP contribution in [-0.4, -0.2) is 18.1 Å². The van der Waals surface area contributed by atoms with Gasteiger partial charge in [-0.1, -0.05) is 87.5 Å². The van der Waals surface area contributed by atoms with Gasteiger partial charge in [0.2, 0.25) is 0 Å². The Bertz CT molecular complexity index is 1130. The Balaban J connectivity index is 1.39. The number of nitrogens with one attached hydrogen (secondary N) is 1. The van der Waals surface area contributed by atoms with Gasteiger partial charge in [0.05, 0.1) is 6.54 Å². The van der Waals surface area contributed by atoms with Crippen LogP contribution in [0.25, 0.3) is 0 Å². The van der Waals surface area contributed by atoms with Gasteiger partial charge < -0.3 is 10.2 Å². The van der Waals surface area contributed by atoms with Crippen molar-refractivity contribution in [1.82, 2.24) is 5.32 Å². The number of halogens is 3. The summed E-state index contributed by atoms with van der Waals surface area (Å²) in [6, 6.07) is 24.6. The van der Waals surface area contributed by atoms with Crippen LogP contribution in [-0.2, 0) is 23.3 Å². The molecule has 0 aliphatic heterocycles. The lowest BCUT2D eigenvalue weighted by Gasteiger charge is -2.24. The summed E-state index contributed by atoms with van der Waals surface area (Å²) >= 11 is 0. The molecule has 2 atom stereocenters. The van der Waals surface area contributed by atoms with Gasteiger partial charge in [-0.2, -0.15) is 13.2 Å². The largest absolute Gasteiger partial charge is 0.471 e. The van der Waals surface area contributed by atoms with E-state index in [2.05, 4.69) is 50.4 Å². The van der Waals surface area contributed by atoms with Crippen molar-refractivity contribution in [2.45, 2.75) is 63.8 Å². The number of alkyl halides is 3. The van der Waals surface area contributed by atoms with E-state index in [1.165, 1.54) is 11.1 Å². The molecule has 6 heteroatoms. The molecule has 1 aliphatic rings. The van der Waals surface area contributed by atoms with E-state index in [4.69, 9.17) is 0 Å². The van der Waals surface area contributed by atoms with Gasteiger partial charge in [-0.25, -0.2) is 0 Å². The first-order valence-corrected chi connectivity index (χ1v) is 11.9. The molecule has 0 bridgehead atoms. The quantitative estimate of drug-likeness (QED) is 0.407. The van der Waals surface area contributed by atoms with Crippen molar-refractivity contribution in [2.24, 2.45) is 0 Å². The number of amides is 1. The highest BCUT2D eigenvalue weighted by Crippen LogP contribution is 2.41. The lowest BCUT2D eigenvalue weighted by atomic mass is 9.87. The Morgan fingerprint density at radius 3 is 2.09 bits per heavy atom. The molecule has 0 aromatic heterocycles. The van der Waals surface area contributed by atoms with Crippen molar-refractivity contribution in [3.63, 3.8) is 0 Å². The van der Waals surface area contributed by atoms with E-state index in [0.29, 0.717) is 17.5 Å². The molecule has 1 fully saturated rings. The Morgan fingerprint density at radius 1 is 0.886 bits per heavy atom. The summed E-state index contributed by atoms with van der Waals surface area (Å²) in [5.74, 6) is -1.55. The van der Waals surface area contributed by atoms with Gasteiger partial charge in [-0.05, 0) is 46.2 Å². The van der Waals surface area contributed by atoms with Crippen molar-refractivity contribution < 1.29 is 18.0 Å². The van der Waals surface area contributed by atoms with Crippen molar-refractivity contribution in [1.29, 1.82) is 0 Å². The number of carbonyl (C=O) groups is 1. The number of hydrogen-bond acceptors (Lipinski definition) is 2. The molecule has 3 aromatic carbocycles. The van der Waals surface area contributed by atoms with Crippen LogP contribution >= 0.6 is 0 Å². The molecule has 0 radical (unpaired) electrons. The van der Waals surface area contributed by atoms with Crippen LogP contribution in [0.4, 0.5) is 18.9 Å². The molecule has 1 saturated carbocycles. The average Bonchev–Trinajstić information content (AvgIpc) is 3.60. The highest BCUT2D eigenvalue weighted by molar-refractivity contribution is 5.97. The molecule has 3 nitrogen and oxygen atoms in total. The Hall–Kier alpha value is -3.12. The third kappa shape index (κ3) is 6.31. The lowest BCUT2D eigenvalue weighted by Crippen LogP contribution is -2.40. The summed E-state index contributed by atoms with van der Waals surface area (Å²) in [6.07, 6.45) is -3.96. The minimum absolute atomic E-state index is 0.126. The number of anilines is 1. The summed E-state index contributed by atoms with van der Waals surface area (Å²) in [4.78, 5) is 12.9. The van der Waals surface area contributed by atoms with Crippen LogP contribution in [0, 0.1) is 0 Å². The Morgan fingerprint density at radius 2 is 1.51 bits per heavy atom. The lowest BCUT2D eigenvalue weighted by molar-refractivity contribution is -0.170. The first-order valence-electron chi connectivity index (χ1n) is 11.9. The van der Waals surface area contributed by atoms with E-state index in [1.807, 2.05) is 12.1 Å². The van der Waals surface area contributed by atoms with Crippen LogP contribution in [0.5, 0.6) is 0 Å². The van der Waals surface area contributed by atoms with Gasteiger partial charge in [0.15, 0.2) is 0 Å². The van der Waals surface area contributed by atoms with E-state index in [-0.39, 0.29) is 17.6 Å². The molecule has 0 heterocycles. The van der Waals surface area contributed by atoms with Crippen LogP contribution in [0.3, 0.4) is 0 Å². The Kier molecular flexibility index (Phi) is 7.04. The number of carbonyl (C=O) groups excluding carboxylic acids is 1. The molecular formula is C29H31F3N2O. The molecule has 184 valence electrons. The third-order valence-electron chi connectivity index (χ3n) is 6.48. The summed E-state index contributed by atoms with van der Waals surface area (Å²) < 4.78 is 39.8. The standard InChI is InChI=1S/C29H31F3N2O/c1-28(2,3)23-13-9-20(10-14-23)18-33-26-17-25(26)22-11-15-24(16-12-22)34(27(35)29(30,31)32)19-21-7-5-4-6-8-21/h4-16,25-26,33H,17-19H2,1-3H3. The van der Waals surface area contributed by atoms with Gasteiger partial charge in [0.1, 0.15) is 0 Å². The fourth-order valence-corrected chi connectivity index (χ4v) is 4.26. The van der Waals surface area contributed by atoms with Gasteiger partial charge in [0.25, 0.3) is 0 Å². The van der Waals surface area contributed by atoms with Crippen LogP contribution in [0.15, 0.2) is 78.9 Å². The zero-order valence-electron chi connectivity index (χ0n) is 20.3. The van der Waals surface area contributed by atoms with Gasteiger partial charge in [-0.15, -0.1) is 0 Å². The molecule has 1 amide bonds. The maximum Gasteiger partial charge on any atom is 0.471 e. The number of rotatable bonds is 7. The second-order valence-corrected chi connectivity index (χ2v) is 10.2. The molecule has 3 aromatic rings. The van der Waals surface area contributed by atoms with Crippen LogP contribution < -0.4 is 10.2 Å². The number of nitrogens with zero attached hydrogens (tertiary/aromatic N) is 1. The zero-order valence-corrected chi connectivity index (χ0v) is 20.3. The smallest absolute Gasteiger partial charge is 0.309 e. The van der Waals surface area contributed by atoms with Crippen molar-refractivity contribution in [3.8, 4) is 0 Å². The fraction of sp³-hybridized carbons (Fsp3) is 0.345. The second-order valence-electron chi connectivity index (χ2n) is 10.2. The normalized spacial score (nSPS) is 17.8. The predicted octanol–water partition coefficient (Wildman–Crippen LogP) is 6.73. The summed E-state index contributed by atoms with van der Waals surface area (Å²) in [5.41, 5.74) is 4.59. The van der Waals surface area contributed by atoms with Crippen molar-refractivity contribution in [2.75, 3.05) is 4.90 Å². The van der Waals surface area contributed by atoms with E-state index in [1.54, 1.807) is 42.5 Å². The number of hydrogen-bond donors (Lipinski definition) is 1. The minimum Gasteiger partial charge on any atom is -0.309 e. The number of benzene rings is 3. The topological polar surface area (TPSA) is 32.3 Å². The molecule has 4 rings (SSSR count). The zero-order chi connectivity index (χ0) is 25.2. The molecular weight excluding hydrogens is 449 g/mol. The van der Waals surface area contributed by atoms with Crippen LogP contribution in [0.1, 0.15) is 55.4 Å². The first kappa shape index (κ1) is 25.0. The van der Waals surface area contributed by atoms with E-state index in [9.17, 15) is 18.0 Å². The molecule has 1 N–H and O–H groups in total. The minimum atomic E-state index is -4.94. The maximum atomic E-state index is 13.3. The molecule has 35 heavy (non-hydrogen) atoms. The van der Waals surface area contributed by atoms with Gasteiger partial charge in [0, 0.05) is 24.2 Å². The van der Waals surface area contributed by atoms with E-state index < -0.39 is 12.1 Å². The van der Waals surface area contributed by atoms with E-state index in [0.717, 1.165) is 23.4 Å². The predicted molar refractivity (Wildman–Crippen MR) is 133 cm³/mol. The fourth-order valence-electron chi connectivity index (χ4n) is 4.26. The van der Waals surface area contributed by atoms with Gasteiger partial charge >= 0.3 is 12.1 Å². The highest BCUT2D eigenvalue weighted by Gasteiger charge is 2.43. The van der Waals surface area contributed by atoms with Crippen molar-refractivity contribution in [3.05, 3.63) is 101 Å². The average molecular weight is 481 g/mol. The molecule has 0 saturated heterocycles. The molecule has 0 spiro atoms. The second kappa shape index (κ2) is 9.86.